The molecule has 2 aromatic heterocycles. The number of rotatable bonds is 5. The Hall–Kier alpha value is -3.14. The molecule has 0 spiro atoms. The average Bonchev–Trinajstić information content (AvgIpc) is 3.53. The Morgan fingerprint density at radius 1 is 1.00 bits per heavy atom. The van der Waals surface area contributed by atoms with E-state index in [0.29, 0.717) is 46.9 Å². The van der Waals surface area contributed by atoms with E-state index in [1.807, 2.05) is 12.3 Å². The molecule has 3 fully saturated rings. The van der Waals surface area contributed by atoms with Crippen LogP contribution in [-0.4, -0.2) is 64.7 Å². The van der Waals surface area contributed by atoms with Gasteiger partial charge >= 0.3 is 0 Å². The molecule has 1 aliphatic carbocycles. The van der Waals surface area contributed by atoms with Crippen molar-refractivity contribution in [3.8, 4) is 28.5 Å². The number of benzene rings is 1. The maximum Gasteiger partial charge on any atom is 0.205 e. The highest BCUT2D eigenvalue weighted by atomic mass is 16.3. The third-order valence-corrected chi connectivity index (χ3v) is 6.84. The number of fused-ring (bicyclic) bond motifs is 2. The Balaban J connectivity index is 1.24. The van der Waals surface area contributed by atoms with Crippen molar-refractivity contribution in [2.24, 2.45) is 7.05 Å². The van der Waals surface area contributed by atoms with Crippen molar-refractivity contribution in [3.05, 3.63) is 24.4 Å². The number of aryl methyl sites for hydroxylation is 1. The summed E-state index contributed by atoms with van der Waals surface area (Å²) in [6, 6.07) is 7.48. The monoisotopic (exact) mass is 433 g/mol. The van der Waals surface area contributed by atoms with Crippen LogP contribution in [0.4, 0.5) is 5.82 Å². The molecule has 2 saturated heterocycles. The number of aromatic nitrogens is 7. The van der Waals surface area contributed by atoms with Gasteiger partial charge in [-0.15, -0.1) is 20.4 Å². The van der Waals surface area contributed by atoms with Crippen molar-refractivity contribution in [1.82, 2.24) is 40.7 Å². The lowest BCUT2D eigenvalue weighted by Gasteiger charge is -2.45. The first-order valence-corrected chi connectivity index (χ1v) is 11.5. The Morgan fingerprint density at radius 2 is 1.81 bits per heavy atom. The molecule has 0 amide bonds. The number of anilines is 1. The molecule has 3 atom stereocenters. The van der Waals surface area contributed by atoms with Gasteiger partial charge in [0.25, 0.3) is 0 Å². The van der Waals surface area contributed by atoms with Crippen LogP contribution in [0, 0.1) is 0 Å². The normalized spacial score (nSPS) is 25.0. The zero-order valence-electron chi connectivity index (χ0n) is 18.1. The molecule has 10 nitrogen and oxygen atoms in total. The van der Waals surface area contributed by atoms with Crippen molar-refractivity contribution >= 4 is 5.82 Å². The third-order valence-electron chi connectivity index (χ3n) is 6.84. The van der Waals surface area contributed by atoms with Crippen molar-refractivity contribution in [2.75, 3.05) is 4.90 Å². The van der Waals surface area contributed by atoms with Gasteiger partial charge in [-0.25, -0.2) is 4.98 Å². The summed E-state index contributed by atoms with van der Waals surface area (Å²) in [4.78, 5) is 8.43. The summed E-state index contributed by atoms with van der Waals surface area (Å²) < 4.78 is 0. The van der Waals surface area contributed by atoms with Crippen LogP contribution in [0.25, 0.3) is 22.8 Å². The summed E-state index contributed by atoms with van der Waals surface area (Å²) in [5, 5.41) is 35.3. The molecule has 3 aliphatic rings. The maximum absolute atomic E-state index is 10.6. The van der Waals surface area contributed by atoms with Crippen LogP contribution in [0.5, 0.6) is 5.75 Å². The largest absolute Gasteiger partial charge is 0.507 e. The van der Waals surface area contributed by atoms with Crippen molar-refractivity contribution in [2.45, 2.75) is 69.1 Å². The predicted molar refractivity (Wildman–Crippen MR) is 118 cm³/mol. The molecule has 4 heterocycles. The van der Waals surface area contributed by atoms with E-state index >= 15 is 0 Å². The minimum Gasteiger partial charge on any atom is -0.507 e. The zero-order chi connectivity index (χ0) is 21.7. The third kappa shape index (κ3) is 3.68. The summed E-state index contributed by atoms with van der Waals surface area (Å²) in [6.45, 7) is 0. The molecule has 32 heavy (non-hydrogen) atoms. The minimum absolute atomic E-state index is 0.0646. The quantitative estimate of drug-likeness (QED) is 0.623. The Kier molecular flexibility index (Phi) is 4.74. The van der Waals surface area contributed by atoms with Gasteiger partial charge in [0.05, 0.1) is 18.8 Å². The van der Waals surface area contributed by atoms with Gasteiger partial charge in [0.15, 0.2) is 11.6 Å². The number of phenols is 1. The molecule has 0 unspecified atom stereocenters. The minimum atomic E-state index is 0.0646. The van der Waals surface area contributed by atoms with Crippen LogP contribution < -0.4 is 10.2 Å². The molecule has 10 heteroatoms. The maximum atomic E-state index is 10.6. The Labute approximate surface area is 186 Å². The smallest absolute Gasteiger partial charge is 0.205 e. The number of hydrogen-bond donors (Lipinski definition) is 2. The molecule has 166 valence electrons. The van der Waals surface area contributed by atoms with Crippen molar-refractivity contribution in [3.63, 3.8) is 0 Å². The summed E-state index contributed by atoms with van der Waals surface area (Å²) in [5.74, 6) is 1.77. The topological polar surface area (TPSA) is 118 Å². The Morgan fingerprint density at radius 3 is 2.44 bits per heavy atom. The van der Waals surface area contributed by atoms with Gasteiger partial charge in [0.2, 0.25) is 5.82 Å². The summed E-state index contributed by atoms with van der Waals surface area (Å²) in [6.07, 6.45) is 10.4. The van der Waals surface area contributed by atoms with Gasteiger partial charge in [-0.1, -0.05) is 12.5 Å². The molecule has 0 radical (unpaired) electrons. The molecule has 2 N–H and O–H groups in total. The number of nitrogens with zero attached hydrogens (tertiary/aromatic N) is 8. The van der Waals surface area contributed by atoms with Crippen molar-refractivity contribution < 1.29 is 5.11 Å². The highest BCUT2D eigenvalue weighted by molar-refractivity contribution is 5.69. The first kappa shape index (κ1) is 19.5. The molecular weight excluding hydrogens is 406 g/mol. The van der Waals surface area contributed by atoms with Gasteiger partial charge in [0, 0.05) is 29.7 Å². The highest BCUT2D eigenvalue weighted by Crippen LogP contribution is 2.38. The van der Waals surface area contributed by atoms with Crippen molar-refractivity contribution in [1.29, 1.82) is 0 Å². The number of piperidine rings is 2. The van der Waals surface area contributed by atoms with E-state index in [-0.39, 0.29) is 5.75 Å². The molecule has 1 aromatic carbocycles. The number of nitrogens with one attached hydrogen (secondary N) is 1. The van der Waals surface area contributed by atoms with Crippen LogP contribution in [0.2, 0.25) is 0 Å². The van der Waals surface area contributed by atoms with Gasteiger partial charge in [0.1, 0.15) is 5.75 Å². The van der Waals surface area contributed by atoms with Gasteiger partial charge in [-0.05, 0) is 55.9 Å². The van der Waals surface area contributed by atoms with Crippen LogP contribution in [0.1, 0.15) is 44.9 Å². The Bertz CT molecular complexity index is 1100. The lowest BCUT2D eigenvalue weighted by molar-refractivity contribution is 0.215. The first-order chi connectivity index (χ1) is 15.6. The van der Waals surface area contributed by atoms with E-state index in [9.17, 15) is 5.11 Å². The first-order valence-electron chi connectivity index (χ1n) is 11.5. The summed E-state index contributed by atoms with van der Waals surface area (Å²) in [5.41, 5.74) is 1.21. The van der Waals surface area contributed by atoms with Gasteiger partial charge in [-0.2, -0.15) is 4.80 Å². The predicted octanol–water partition coefficient (Wildman–Crippen LogP) is 2.08. The molecule has 2 aliphatic heterocycles. The van der Waals surface area contributed by atoms with E-state index in [2.05, 4.69) is 40.8 Å². The second-order valence-corrected chi connectivity index (χ2v) is 9.23. The summed E-state index contributed by atoms with van der Waals surface area (Å²) in [7, 11) is 1.70. The fourth-order valence-corrected chi connectivity index (χ4v) is 5.26. The van der Waals surface area contributed by atoms with Crippen LogP contribution in [0.3, 0.4) is 0 Å². The number of hydrogen-bond acceptors (Lipinski definition) is 9. The highest BCUT2D eigenvalue weighted by Gasteiger charge is 2.40. The molecule has 1 saturated carbocycles. The van der Waals surface area contributed by atoms with Crippen LogP contribution >= 0.6 is 0 Å². The lowest BCUT2D eigenvalue weighted by atomic mass is 9.83. The van der Waals surface area contributed by atoms with Gasteiger partial charge < -0.3 is 15.3 Å². The fraction of sp³-hybridized carbons (Fsp3) is 0.545. The molecular formula is C22H27N9O. The van der Waals surface area contributed by atoms with E-state index in [0.717, 1.165) is 18.7 Å². The number of tetrazole rings is 1. The van der Waals surface area contributed by atoms with Crippen LogP contribution in [-0.2, 0) is 7.05 Å². The second-order valence-electron chi connectivity index (χ2n) is 9.23. The standard InChI is InChI=1S/C22H27N9O/c1-30-28-21(27-29-30)13-5-8-18(19(32)9-13)22-23-12-20(25-26-22)31(16-6-7-16)17-10-14-3-2-4-15(11-17)24-14/h5,8-9,12,14-17,24,32H,2-4,6-7,10-11H2,1H3/t14-,15+,17-. The lowest BCUT2D eigenvalue weighted by Crippen LogP contribution is -2.55. The van der Waals surface area contributed by atoms with Gasteiger partial charge in [-0.3, -0.25) is 0 Å². The SMILES string of the molecule is Cn1nnc(-c2ccc(-c3ncc(N(C4CC4)[C@@H]4C[C@H]5CCC[C@@H](C4)N5)nn3)c(O)c2)n1. The van der Waals surface area contributed by atoms with E-state index in [4.69, 9.17) is 0 Å². The number of phenolic OH excluding ortho intramolecular Hbond substituents is 1. The average molecular weight is 434 g/mol. The molecule has 6 rings (SSSR count). The fourth-order valence-electron chi connectivity index (χ4n) is 5.26. The number of aromatic hydroxyl groups is 1. The second kappa shape index (κ2) is 7.77. The van der Waals surface area contributed by atoms with E-state index < -0.39 is 0 Å². The molecule has 2 bridgehead atoms. The van der Waals surface area contributed by atoms with E-state index in [1.165, 1.54) is 36.9 Å². The molecule has 3 aromatic rings. The van der Waals surface area contributed by atoms with Crippen LogP contribution in [0.15, 0.2) is 24.4 Å². The summed E-state index contributed by atoms with van der Waals surface area (Å²) >= 11 is 0. The van der Waals surface area contributed by atoms with E-state index in [1.54, 1.807) is 19.2 Å². The zero-order valence-corrected chi connectivity index (χ0v) is 18.1.